The number of alkyl halides is 3. The lowest BCUT2D eigenvalue weighted by Gasteiger charge is -2.18. The van der Waals surface area contributed by atoms with Gasteiger partial charge in [-0.25, -0.2) is 5.48 Å². The third kappa shape index (κ3) is 4.66. The van der Waals surface area contributed by atoms with E-state index in [1.807, 2.05) is 0 Å². The number of carbonyl (C=O) groups excluding carboxylic acids is 1. The van der Waals surface area contributed by atoms with Crippen molar-refractivity contribution in [2.45, 2.75) is 19.4 Å². The number of benzene rings is 2. The molecular formula is C20H19F3N2O5. The van der Waals surface area contributed by atoms with Crippen LogP contribution in [0.1, 0.15) is 11.1 Å². The molecule has 7 nitrogen and oxygen atoms in total. The molecular weight excluding hydrogens is 405 g/mol. The fourth-order valence-electron chi connectivity index (χ4n) is 3.19. The Bertz CT molecular complexity index is 958. The number of halogens is 3. The summed E-state index contributed by atoms with van der Waals surface area (Å²) in [7, 11) is 0. The molecule has 0 bridgehead atoms. The number of carbonyl (C=O) groups is 1. The zero-order valence-corrected chi connectivity index (χ0v) is 15.7. The monoisotopic (exact) mass is 424 g/mol. The molecule has 30 heavy (non-hydrogen) atoms. The summed E-state index contributed by atoms with van der Waals surface area (Å²) in [5.74, 6) is -0.556. The summed E-state index contributed by atoms with van der Waals surface area (Å²) in [5.41, 5.74) is 4.61. The van der Waals surface area contributed by atoms with Crippen LogP contribution in [0.15, 0.2) is 42.5 Å². The summed E-state index contributed by atoms with van der Waals surface area (Å²) in [6, 6.07) is 7.02. The Hall–Kier alpha value is -3.24. The van der Waals surface area contributed by atoms with E-state index in [2.05, 4.69) is 16.6 Å². The summed E-state index contributed by atoms with van der Waals surface area (Å²) in [4.78, 5) is 11.4. The Balaban J connectivity index is 1.96. The first-order valence-electron chi connectivity index (χ1n) is 8.88. The molecule has 1 aliphatic heterocycles. The van der Waals surface area contributed by atoms with Crippen molar-refractivity contribution < 1.29 is 37.8 Å². The number of aliphatic hydroxyl groups is 1. The number of fused-ring (bicyclic) bond motifs is 1. The molecule has 0 radical (unpaired) electrons. The van der Waals surface area contributed by atoms with Gasteiger partial charge in [-0.2, -0.15) is 0 Å². The molecule has 4 N–H and O–H groups in total. The van der Waals surface area contributed by atoms with Gasteiger partial charge in [0, 0.05) is 40.9 Å². The van der Waals surface area contributed by atoms with Crippen LogP contribution in [0.25, 0.3) is 11.1 Å². The molecule has 0 unspecified atom stereocenters. The topological polar surface area (TPSA) is 100 Å². The van der Waals surface area contributed by atoms with Gasteiger partial charge in [-0.1, -0.05) is 18.7 Å². The molecule has 1 aliphatic rings. The van der Waals surface area contributed by atoms with Crippen molar-refractivity contribution in [3.63, 3.8) is 0 Å². The Morgan fingerprint density at radius 2 is 1.97 bits per heavy atom. The third-order valence-corrected chi connectivity index (χ3v) is 4.57. The maximum Gasteiger partial charge on any atom is 0.573 e. The SMILES string of the molecule is C=C(CNc1cc(-c2ccc(OC(F)(F)F)cc2)c2c(c1CO)CCO2)C(=O)NO. The maximum atomic E-state index is 12.4. The van der Waals surface area contributed by atoms with E-state index in [1.54, 1.807) is 6.07 Å². The fourth-order valence-corrected chi connectivity index (χ4v) is 3.19. The molecule has 0 saturated carbocycles. The second-order valence-electron chi connectivity index (χ2n) is 6.48. The zero-order valence-electron chi connectivity index (χ0n) is 15.7. The summed E-state index contributed by atoms with van der Waals surface area (Å²) in [6.07, 6.45) is -4.24. The smallest absolute Gasteiger partial charge is 0.492 e. The number of amides is 1. The molecule has 3 rings (SSSR count). The van der Waals surface area contributed by atoms with Crippen molar-refractivity contribution in [3.8, 4) is 22.6 Å². The number of rotatable bonds is 7. The van der Waals surface area contributed by atoms with E-state index in [0.717, 1.165) is 5.56 Å². The first-order valence-corrected chi connectivity index (χ1v) is 8.88. The lowest BCUT2D eigenvalue weighted by Crippen LogP contribution is -2.24. The summed E-state index contributed by atoms with van der Waals surface area (Å²) in [5, 5.41) is 21.5. The van der Waals surface area contributed by atoms with Gasteiger partial charge in [-0.3, -0.25) is 10.0 Å². The minimum absolute atomic E-state index is 0.00314. The highest BCUT2D eigenvalue weighted by Crippen LogP contribution is 2.43. The zero-order chi connectivity index (χ0) is 21.9. The van der Waals surface area contributed by atoms with Crippen LogP contribution in [-0.2, 0) is 17.8 Å². The molecule has 10 heteroatoms. The highest BCUT2D eigenvalue weighted by atomic mass is 19.4. The van der Waals surface area contributed by atoms with Crippen LogP contribution in [0, 0.1) is 0 Å². The molecule has 0 spiro atoms. The van der Waals surface area contributed by atoms with Crippen molar-refractivity contribution in [2.75, 3.05) is 18.5 Å². The molecule has 1 amide bonds. The molecule has 0 aliphatic carbocycles. The van der Waals surface area contributed by atoms with E-state index >= 15 is 0 Å². The standard InChI is InChI=1S/C20H19F3N2O5/c1-11(19(27)25-28)9-24-17-8-15(18-14(6-7-29-18)16(17)10-26)12-2-4-13(5-3-12)30-20(21,22)23/h2-5,8,24,26,28H,1,6-7,9-10H2,(H,25,27). The number of hydrogen-bond donors (Lipinski definition) is 4. The van der Waals surface area contributed by atoms with Gasteiger partial charge in [0.2, 0.25) is 0 Å². The molecule has 2 aromatic carbocycles. The summed E-state index contributed by atoms with van der Waals surface area (Å²) < 4.78 is 46.8. The summed E-state index contributed by atoms with van der Waals surface area (Å²) in [6.45, 7) is 3.67. The highest BCUT2D eigenvalue weighted by molar-refractivity contribution is 5.93. The number of aliphatic hydroxyl groups excluding tert-OH is 1. The molecule has 160 valence electrons. The van der Waals surface area contributed by atoms with Gasteiger partial charge in [-0.05, 0) is 23.8 Å². The highest BCUT2D eigenvalue weighted by Gasteiger charge is 2.31. The van der Waals surface area contributed by atoms with Crippen LogP contribution in [0.2, 0.25) is 0 Å². The predicted molar refractivity (Wildman–Crippen MR) is 101 cm³/mol. The van der Waals surface area contributed by atoms with Crippen LogP contribution in [0.5, 0.6) is 11.5 Å². The maximum absolute atomic E-state index is 12.4. The van der Waals surface area contributed by atoms with Gasteiger partial charge in [0.05, 0.1) is 13.2 Å². The summed E-state index contributed by atoms with van der Waals surface area (Å²) >= 11 is 0. The fraction of sp³-hybridized carbons (Fsp3) is 0.250. The largest absolute Gasteiger partial charge is 0.573 e. The Morgan fingerprint density at radius 3 is 2.57 bits per heavy atom. The first-order chi connectivity index (χ1) is 14.2. The van der Waals surface area contributed by atoms with Gasteiger partial charge in [0.25, 0.3) is 5.91 Å². The van der Waals surface area contributed by atoms with E-state index in [-0.39, 0.29) is 24.5 Å². The van der Waals surface area contributed by atoms with Crippen LogP contribution >= 0.6 is 0 Å². The van der Waals surface area contributed by atoms with Crippen LogP contribution < -0.4 is 20.3 Å². The van der Waals surface area contributed by atoms with Crippen LogP contribution in [0.3, 0.4) is 0 Å². The third-order valence-electron chi connectivity index (χ3n) is 4.57. The van der Waals surface area contributed by atoms with Crippen molar-refractivity contribution in [2.24, 2.45) is 0 Å². The Labute approximate surface area is 169 Å². The van der Waals surface area contributed by atoms with Gasteiger partial charge in [0.15, 0.2) is 0 Å². The average molecular weight is 424 g/mol. The molecule has 2 aromatic rings. The van der Waals surface area contributed by atoms with Gasteiger partial charge in [-0.15, -0.1) is 13.2 Å². The molecule has 0 fully saturated rings. The number of anilines is 1. The van der Waals surface area contributed by atoms with Crippen LogP contribution in [-0.4, -0.2) is 35.7 Å². The van der Waals surface area contributed by atoms with E-state index in [0.29, 0.717) is 41.2 Å². The molecule has 0 aromatic heterocycles. The lowest BCUT2D eigenvalue weighted by molar-refractivity contribution is -0.274. The lowest BCUT2D eigenvalue weighted by atomic mass is 9.95. The van der Waals surface area contributed by atoms with Gasteiger partial charge >= 0.3 is 6.36 Å². The van der Waals surface area contributed by atoms with Crippen molar-refractivity contribution in [3.05, 3.63) is 53.6 Å². The number of hydrogen-bond acceptors (Lipinski definition) is 6. The number of nitrogens with one attached hydrogen (secondary N) is 2. The Morgan fingerprint density at radius 1 is 1.27 bits per heavy atom. The predicted octanol–water partition coefficient (Wildman–Crippen LogP) is 3.15. The van der Waals surface area contributed by atoms with E-state index in [1.165, 1.54) is 29.7 Å². The first kappa shape index (κ1) is 21.5. The molecule has 0 saturated heterocycles. The number of ether oxygens (including phenoxy) is 2. The van der Waals surface area contributed by atoms with Crippen molar-refractivity contribution >= 4 is 11.6 Å². The van der Waals surface area contributed by atoms with E-state index in [9.17, 15) is 23.1 Å². The minimum Gasteiger partial charge on any atom is -0.492 e. The second-order valence-corrected chi connectivity index (χ2v) is 6.48. The minimum atomic E-state index is -4.78. The van der Waals surface area contributed by atoms with Crippen molar-refractivity contribution in [1.82, 2.24) is 5.48 Å². The molecule has 0 atom stereocenters. The average Bonchev–Trinajstić information content (AvgIpc) is 3.19. The Kier molecular flexibility index (Phi) is 6.18. The van der Waals surface area contributed by atoms with E-state index < -0.39 is 12.3 Å². The van der Waals surface area contributed by atoms with Gasteiger partial charge < -0.3 is 19.9 Å². The second kappa shape index (κ2) is 8.64. The number of hydroxylamine groups is 1. The van der Waals surface area contributed by atoms with Crippen molar-refractivity contribution in [1.29, 1.82) is 0 Å². The van der Waals surface area contributed by atoms with Gasteiger partial charge in [0.1, 0.15) is 11.5 Å². The molecule has 1 heterocycles. The van der Waals surface area contributed by atoms with Crippen LogP contribution in [0.4, 0.5) is 18.9 Å². The van der Waals surface area contributed by atoms with E-state index in [4.69, 9.17) is 9.94 Å². The normalized spacial score (nSPS) is 12.7. The quantitative estimate of drug-likeness (QED) is 0.310.